The lowest BCUT2D eigenvalue weighted by atomic mass is 10.1. The fourth-order valence-corrected chi connectivity index (χ4v) is 2.43. The van der Waals surface area contributed by atoms with Crippen LogP contribution in [0.2, 0.25) is 0 Å². The Hall–Kier alpha value is -1.05. The van der Waals surface area contributed by atoms with Crippen LogP contribution in [0.4, 0.5) is 0 Å². The number of aromatic nitrogens is 4. The van der Waals surface area contributed by atoms with Gasteiger partial charge >= 0.3 is 0 Å². The van der Waals surface area contributed by atoms with E-state index in [0.717, 1.165) is 23.8 Å². The molecule has 0 spiro atoms. The Morgan fingerprint density at radius 1 is 1.53 bits per heavy atom. The molecule has 1 N–H and O–H groups in total. The molecule has 1 unspecified atom stereocenters. The van der Waals surface area contributed by atoms with Crippen molar-refractivity contribution in [2.24, 2.45) is 0 Å². The van der Waals surface area contributed by atoms with Gasteiger partial charge in [0.25, 0.3) is 0 Å². The van der Waals surface area contributed by atoms with E-state index in [2.05, 4.69) is 15.3 Å². The second-order valence-corrected chi connectivity index (χ2v) is 4.51. The van der Waals surface area contributed by atoms with Crippen LogP contribution >= 0.6 is 11.3 Å². The molecule has 2 aromatic rings. The van der Waals surface area contributed by atoms with Gasteiger partial charge in [-0.1, -0.05) is 11.3 Å². The second-order valence-electron chi connectivity index (χ2n) is 3.47. The highest BCUT2D eigenvalue weighted by atomic mass is 32.1. The van der Waals surface area contributed by atoms with Crippen LogP contribution in [0.1, 0.15) is 23.2 Å². The molecule has 1 saturated heterocycles. The Morgan fingerprint density at radius 3 is 3.20 bits per heavy atom. The monoisotopic (exact) mass is 226 g/mol. The number of ether oxygens (including phenoxy) is 1. The molecule has 0 aromatic carbocycles. The molecule has 1 aliphatic rings. The largest absolute Gasteiger partial charge is 0.389 e. The Kier molecular flexibility index (Phi) is 2.15. The summed E-state index contributed by atoms with van der Waals surface area (Å²) in [7, 11) is 0. The molecule has 1 atom stereocenters. The van der Waals surface area contributed by atoms with Crippen molar-refractivity contribution < 1.29 is 9.84 Å². The number of aliphatic hydroxyl groups is 1. The molecule has 0 bridgehead atoms. The van der Waals surface area contributed by atoms with Crippen LogP contribution in [0.25, 0.3) is 4.96 Å². The lowest BCUT2D eigenvalue weighted by Gasteiger charge is -2.01. The molecule has 0 aliphatic carbocycles. The van der Waals surface area contributed by atoms with Crippen LogP contribution in [0.3, 0.4) is 0 Å². The summed E-state index contributed by atoms with van der Waals surface area (Å²) in [4.78, 5) is 0.737. The van der Waals surface area contributed by atoms with E-state index in [4.69, 9.17) is 9.84 Å². The molecule has 80 valence electrons. The standard InChI is InChI=1S/C8H10N4O2S/c13-3-6-11-12-7(5-1-2-14-4-5)9-10-8(12)15-6/h5,13H,1-4H2. The summed E-state index contributed by atoms with van der Waals surface area (Å²) in [6.07, 6.45) is 0.965. The third-order valence-corrected chi connectivity index (χ3v) is 3.37. The normalized spacial score (nSPS) is 21.5. The molecule has 0 amide bonds. The molecular weight excluding hydrogens is 216 g/mol. The van der Waals surface area contributed by atoms with Gasteiger partial charge in [0.2, 0.25) is 4.96 Å². The topological polar surface area (TPSA) is 72.5 Å². The van der Waals surface area contributed by atoms with Gasteiger partial charge in [-0.25, -0.2) is 0 Å². The SMILES string of the molecule is OCc1nn2c(C3CCOC3)nnc2s1. The molecule has 3 heterocycles. The van der Waals surface area contributed by atoms with Crippen molar-refractivity contribution >= 4 is 16.3 Å². The summed E-state index contributed by atoms with van der Waals surface area (Å²) in [5, 5.41) is 22.0. The lowest BCUT2D eigenvalue weighted by molar-refractivity contribution is 0.193. The smallest absolute Gasteiger partial charge is 0.234 e. The van der Waals surface area contributed by atoms with E-state index in [1.165, 1.54) is 11.3 Å². The third kappa shape index (κ3) is 1.43. The Morgan fingerprint density at radius 2 is 2.47 bits per heavy atom. The molecule has 0 radical (unpaired) electrons. The number of aliphatic hydroxyl groups excluding tert-OH is 1. The van der Waals surface area contributed by atoms with Crippen molar-refractivity contribution in [2.75, 3.05) is 13.2 Å². The van der Waals surface area contributed by atoms with Gasteiger partial charge < -0.3 is 9.84 Å². The Balaban J connectivity index is 2.05. The zero-order valence-electron chi connectivity index (χ0n) is 7.96. The predicted octanol–water partition coefficient (Wildman–Crippen LogP) is 0.182. The quantitative estimate of drug-likeness (QED) is 0.791. The average molecular weight is 226 g/mol. The molecule has 2 aromatic heterocycles. The molecule has 0 saturated carbocycles. The zero-order chi connectivity index (χ0) is 10.3. The summed E-state index contributed by atoms with van der Waals surface area (Å²) in [6, 6.07) is 0. The summed E-state index contributed by atoms with van der Waals surface area (Å²) in [5.41, 5.74) is 0. The summed E-state index contributed by atoms with van der Waals surface area (Å²) in [5.74, 6) is 1.13. The summed E-state index contributed by atoms with van der Waals surface area (Å²) >= 11 is 1.36. The lowest BCUT2D eigenvalue weighted by Crippen LogP contribution is -2.05. The second kappa shape index (κ2) is 3.51. The van der Waals surface area contributed by atoms with E-state index in [-0.39, 0.29) is 12.5 Å². The van der Waals surface area contributed by atoms with Gasteiger partial charge in [0.15, 0.2) is 5.82 Å². The average Bonchev–Trinajstić information content (AvgIpc) is 2.92. The van der Waals surface area contributed by atoms with Gasteiger partial charge in [0.05, 0.1) is 13.2 Å². The molecule has 7 heteroatoms. The maximum absolute atomic E-state index is 8.97. The highest BCUT2D eigenvalue weighted by molar-refractivity contribution is 7.16. The maximum atomic E-state index is 8.97. The van der Waals surface area contributed by atoms with E-state index >= 15 is 0 Å². The van der Waals surface area contributed by atoms with Crippen molar-refractivity contribution in [1.82, 2.24) is 19.8 Å². The number of hydrogen-bond acceptors (Lipinski definition) is 6. The number of hydrogen-bond donors (Lipinski definition) is 1. The van der Waals surface area contributed by atoms with Crippen molar-refractivity contribution in [1.29, 1.82) is 0 Å². The predicted molar refractivity (Wildman–Crippen MR) is 52.8 cm³/mol. The fraction of sp³-hybridized carbons (Fsp3) is 0.625. The molecule has 15 heavy (non-hydrogen) atoms. The fourth-order valence-electron chi connectivity index (χ4n) is 1.73. The van der Waals surface area contributed by atoms with Crippen molar-refractivity contribution in [3.8, 4) is 0 Å². The van der Waals surface area contributed by atoms with E-state index in [1.54, 1.807) is 4.52 Å². The first-order chi connectivity index (χ1) is 7.38. The molecular formula is C8H10N4O2S. The number of rotatable bonds is 2. The number of nitrogens with zero attached hydrogens (tertiary/aromatic N) is 4. The highest BCUT2D eigenvalue weighted by Crippen LogP contribution is 2.25. The first kappa shape index (κ1) is 9.20. The highest BCUT2D eigenvalue weighted by Gasteiger charge is 2.24. The first-order valence-electron chi connectivity index (χ1n) is 4.78. The molecule has 6 nitrogen and oxygen atoms in total. The van der Waals surface area contributed by atoms with Crippen LogP contribution in [0.5, 0.6) is 0 Å². The summed E-state index contributed by atoms with van der Waals surface area (Å²) in [6.45, 7) is 1.41. The third-order valence-electron chi connectivity index (χ3n) is 2.49. The minimum absolute atomic E-state index is 0.0470. The first-order valence-corrected chi connectivity index (χ1v) is 5.60. The van der Waals surface area contributed by atoms with Gasteiger partial charge in [-0.15, -0.1) is 10.2 Å². The Bertz CT molecular complexity index is 474. The van der Waals surface area contributed by atoms with Gasteiger partial charge in [-0.3, -0.25) is 0 Å². The molecule has 1 fully saturated rings. The molecule has 3 rings (SSSR count). The summed E-state index contributed by atoms with van der Waals surface area (Å²) < 4.78 is 7.03. The van der Waals surface area contributed by atoms with Crippen LogP contribution in [0, 0.1) is 0 Å². The van der Waals surface area contributed by atoms with Crippen LogP contribution in [0.15, 0.2) is 0 Å². The van der Waals surface area contributed by atoms with E-state index < -0.39 is 0 Å². The zero-order valence-corrected chi connectivity index (χ0v) is 8.77. The van der Waals surface area contributed by atoms with Crippen molar-refractivity contribution in [3.63, 3.8) is 0 Å². The van der Waals surface area contributed by atoms with E-state index in [0.29, 0.717) is 11.6 Å². The van der Waals surface area contributed by atoms with Gasteiger partial charge in [0, 0.05) is 12.5 Å². The maximum Gasteiger partial charge on any atom is 0.234 e. The van der Waals surface area contributed by atoms with Gasteiger partial charge in [-0.05, 0) is 6.42 Å². The van der Waals surface area contributed by atoms with Crippen molar-refractivity contribution in [2.45, 2.75) is 18.9 Å². The van der Waals surface area contributed by atoms with Crippen molar-refractivity contribution in [3.05, 3.63) is 10.8 Å². The van der Waals surface area contributed by atoms with Gasteiger partial charge in [-0.2, -0.15) is 9.61 Å². The number of fused-ring (bicyclic) bond motifs is 1. The minimum atomic E-state index is -0.0470. The van der Waals surface area contributed by atoms with E-state index in [1.807, 2.05) is 0 Å². The van der Waals surface area contributed by atoms with Crippen LogP contribution in [-0.4, -0.2) is 38.1 Å². The Labute approximate surface area is 89.5 Å². The minimum Gasteiger partial charge on any atom is -0.389 e. The molecule has 1 aliphatic heterocycles. The van der Waals surface area contributed by atoms with E-state index in [9.17, 15) is 0 Å². The van der Waals surface area contributed by atoms with Crippen LogP contribution < -0.4 is 0 Å². The van der Waals surface area contributed by atoms with Gasteiger partial charge in [0.1, 0.15) is 5.01 Å². The van der Waals surface area contributed by atoms with Crippen LogP contribution in [-0.2, 0) is 11.3 Å².